The number of amides is 1. The monoisotopic (exact) mass is 451 g/mol. The third-order valence-corrected chi connectivity index (χ3v) is 10.0. The number of benzene rings is 1. The molecule has 5 atom stereocenters. The largest absolute Gasteiger partial charge is 0.455 e. The van der Waals surface area contributed by atoms with Crippen LogP contribution in [0.3, 0.4) is 0 Å². The Morgan fingerprint density at radius 1 is 1.03 bits per heavy atom. The molecule has 5 saturated carbocycles. The number of aryl methyl sites for hydroxylation is 2. The van der Waals surface area contributed by atoms with Gasteiger partial charge in [-0.1, -0.05) is 44.9 Å². The van der Waals surface area contributed by atoms with Crippen molar-refractivity contribution in [2.75, 3.05) is 6.61 Å². The van der Waals surface area contributed by atoms with Crippen LogP contribution in [0, 0.1) is 42.9 Å². The fourth-order valence-corrected chi connectivity index (χ4v) is 8.23. The molecule has 0 heterocycles. The molecule has 5 aliphatic rings. The highest BCUT2D eigenvalue weighted by atomic mass is 16.5. The van der Waals surface area contributed by atoms with Gasteiger partial charge in [-0.2, -0.15) is 0 Å². The van der Waals surface area contributed by atoms with Gasteiger partial charge in [0.1, 0.15) is 0 Å². The van der Waals surface area contributed by atoms with Gasteiger partial charge in [-0.25, -0.2) is 0 Å². The molecule has 4 nitrogen and oxygen atoms in total. The van der Waals surface area contributed by atoms with Gasteiger partial charge in [0.05, 0.1) is 5.41 Å². The molecule has 1 N–H and O–H groups in total. The van der Waals surface area contributed by atoms with E-state index in [4.69, 9.17) is 4.74 Å². The first-order valence-corrected chi connectivity index (χ1v) is 13.2. The van der Waals surface area contributed by atoms with Crippen molar-refractivity contribution < 1.29 is 14.3 Å². The van der Waals surface area contributed by atoms with Gasteiger partial charge in [0.2, 0.25) is 0 Å². The second-order valence-electron chi connectivity index (χ2n) is 12.3. The van der Waals surface area contributed by atoms with Crippen molar-refractivity contribution in [2.24, 2.45) is 29.1 Å². The number of nitrogens with one attached hydrogen (secondary N) is 1. The van der Waals surface area contributed by atoms with Crippen molar-refractivity contribution in [3.8, 4) is 0 Å². The molecule has 5 unspecified atom stereocenters. The molecule has 0 radical (unpaired) electrons. The predicted octanol–water partition coefficient (Wildman–Crippen LogP) is 5.63. The first-order chi connectivity index (χ1) is 15.7. The van der Waals surface area contributed by atoms with E-state index >= 15 is 0 Å². The van der Waals surface area contributed by atoms with E-state index in [0.29, 0.717) is 23.7 Å². The lowest BCUT2D eigenvalue weighted by atomic mass is 9.43. The van der Waals surface area contributed by atoms with Crippen LogP contribution in [0.5, 0.6) is 0 Å². The van der Waals surface area contributed by atoms with Gasteiger partial charge in [-0.05, 0) is 105 Å². The summed E-state index contributed by atoms with van der Waals surface area (Å²) in [5.74, 6) is 2.03. The van der Waals surface area contributed by atoms with Crippen molar-refractivity contribution in [3.05, 3.63) is 34.9 Å². The SMILES string of the molecule is Cc1ccc(C23CC4CC(CC(C(=O)OCC(=O)NC5CCCC(C)C5C)(C4)C2)C3)cc1C. The fraction of sp³-hybridized carbons (Fsp3) is 0.724. The van der Waals surface area contributed by atoms with Gasteiger partial charge in [-0.3, -0.25) is 9.59 Å². The van der Waals surface area contributed by atoms with E-state index in [-0.39, 0.29) is 29.9 Å². The molecular weight excluding hydrogens is 410 g/mol. The molecular formula is C29H41NO3. The van der Waals surface area contributed by atoms with E-state index in [9.17, 15) is 9.59 Å². The summed E-state index contributed by atoms with van der Waals surface area (Å²) in [6, 6.07) is 7.11. The molecule has 1 aromatic rings. The van der Waals surface area contributed by atoms with Crippen molar-refractivity contribution >= 4 is 11.9 Å². The van der Waals surface area contributed by atoms with Gasteiger partial charge in [0.25, 0.3) is 5.91 Å². The standard InChI is InChI=1S/C29H41NO3/c1-18-8-9-24(10-20(18)3)28-12-22-11-23(13-28)15-29(14-22,17-28)27(32)33-16-26(31)30-25-7-5-6-19(2)21(25)4/h8-10,19,21-23,25H,5-7,11-17H2,1-4H3,(H,30,31). The Kier molecular flexibility index (Phi) is 5.86. The molecule has 0 aromatic heterocycles. The molecule has 5 fully saturated rings. The summed E-state index contributed by atoms with van der Waals surface area (Å²) in [7, 11) is 0. The Balaban J connectivity index is 1.27. The number of rotatable bonds is 5. The van der Waals surface area contributed by atoms with Crippen molar-refractivity contribution in [3.63, 3.8) is 0 Å². The van der Waals surface area contributed by atoms with Crippen LogP contribution in [0.1, 0.15) is 88.3 Å². The van der Waals surface area contributed by atoms with E-state index in [0.717, 1.165) is 32.1 Å². The first-order valence-electron chi connectivity index (χ1n) is 13.2. The maximum absolute atomic E-state index is 13.5. The Hall–Kier alpha value is -1.84. The lowest BCUT2D eigenvalue weighted by molar-refractivity contribution is -0.175. The van der Waals surface area contributed by atoms with Crippen molar-refractivity contribution in [1.82, 2.24) is 5.32 Å². The molecule has 6 rings (SSSR count). The topological polar surface area (TPSA) is 55.4 Å². The smallest absolute Gasteiger partial charge is 0.312 e. The normalized spacial score (nSPS) is 39.3. The van der Waals surface area contributed by atoms with E-state index in [1.807, 2.05) is 0 Å². The molecule has 0 spiro atoms. The number of esters is 1. The quantitative estimate of drug-likeness (QED) is 0.591. The maximum Gasteiger partial charge on any atom is 0.312 e. The minimum Gasteiger partial charge on any atom is -0.455 e. The van der Waals surface area contributed by atoms with Gasteiger partial charge >= 0.3 is 5.97 Å². The molecule has 0 saturated heterocycles. The molecule has 4 bridgehead atoms. The molecule has 33 heavy (non-hydrogen) atoms. The summed E-state index contributed by atoms with van der Waals surface area (Å²) in [5.41, 5.74) is 3.76. The zero-order valence-electron chi connectivity index (χ0n) is 20.9. The summed E-state index contributed by atoms with van der Waals surface area (Å²) in [5, 5.41) is 3.16. The van der Waals surface area contributed by atoms with Crippen LogP contribution in [0.25, 0.3) is 0 Å². The van der Waals surface area contributed by atoms with E-state index in [1.165, 1.54) is 42.4 Å². The van der Waals surface area contributed by atoms with Crippen LogP contribution in [0.4, 0.5) is 0 Å². The molecule has 0 aliphatic heterocycles. The van der Waals surface area contributed by atoms with E-state index in [1.54, 1.807) is 0 Å². The van der Waals surface area contributed by atoms with E-state index in [2.05, 4.69) is 51.2 Å². The van der Waals surface area contributed by atoms with Crippen molar-refractivity contribution in [2.45, 2.75) is 96.9 Å². The summed E-state index contributed by atoms with van der Waals surface area (Å²) in [6.45, 7) is 8.71. The van der Waals surface area contributed by atoms with Crippen LogP contribution in [-0.2, 0) is 19.7 Å². The third kappa shape index (κ3) is 4.12. The highest BCUT2D eigenvalue weighted by Gasteiger charge is 2.61. The van der Waals surface area contributed by atoms with Crippen LogP contribution >= 0.6 is 0 Å². The second kappa shape index (κ2) is 8.43. The third-order valence-electron chi connectivity index (χ3n) is 10.0. The lowest BCUT2D eigenvalue weighted by Gasteiger charge is -2.61. The highest BCUT2D eigenvalue weighted by molar-refractivity contribution is 5.83. The van der Waals surface area contributed by atoms with Crippen LogP contribution in [0.2, 0.25) is 0 Å². The highest BCUT2D eigenvalue weighted by Crippen LogP contribution is 2.66. The fourth-order valence-electron chi connectivity index (χ4n) is 8.23. The van der Waals surface area contributed by atoms with Gasteiger partial charge in [-0.15, -0.1) is 0 Å². The summed E-state index contributed by atoms with van der Waals surface area (Å²) in [4.78, 5) is 26.2. The van der Waals surface area contributed by atoms with Crippen LogP contribution in [-0.4, -0.2) is 24.5 Å². The van der Waals surface area contributed by atoms with E-state index < -0.39 is 5.41 Å². The molecule has 4 heteroatoms. The Bertz CT molecular complexity index is 923. The van der Waals surface area contributed by atoms with Crippen LogP contribution in [0.15, 0.2) is 18.2 Å². The summed E-state index contributed by atoms with van der Waals surface area (Å²) < 4.78 is 5.77. The summed E-state index contributed by atoms with van der Waals surface area (Å²) >= 11 is 0. The molecule has 5 aliphatic carbocycles. The maximum atomic E-state index is 13.5. The molecule has 1 amide bonds. The number of hydrogen-bond acceptors (Lipinski definition) is 3. The lowest BCUT2D eigenvalue weighted by Crippen LogP contribution is -2.57. The first kappa shape index (κ1) is 22.9. The minimum absolute atomic E-state index is 0.0947. The van der Waals surface area contributed by atoms with Gasteiger partial charge < -0.3 is 10.1 Å². The number of carbonyl (C=O) groups is 2. The zero-order chi connectivity index (χ0) is 23.4. The predicted molar refractivity (Wildman–Crippen MR) is 130 cm³/mol. The average Bonchev–Trinajstić information content (AvgIpc) is 2.76. The zero-order valence-corrected chi connectivity index (χ0v) is 20.9. The second-order valence-corrected chi connectivity index (χ2v) is 12.3. The number of carbonyl (C=O) groups excluding carboxylic acids is 2. The molecule has 1 aromatic carbocycles. The van der Waals surface area contributed by atoms with Gasteiger partial charge in [0.15, 0.2) is 6.61 Å². The number of ether oxygens (including phenoxy) is 1. The van der Waals surface area contributed by atoms with Crippen molar-refractivity contribution in [1.29, 1.82) is 0 Å². The Morgan fingerprint density at radius 3 is 2.45 bits per heavy atom. The average molecular weight is 452 g/mol. The van der Waals surface area contributed by atoms with Gasteiger partial charge in [0, 0.05) is 6.04 Å². The molecule has 180 valence electrons. The summed E-state index contributed by atoms with van der Waals surface area (Å²) in [6.07, 6.45) is 9.81. The number of hydrogen-bond donors (Lipinski definition) is 1. The Morgan fingerprint density at radius 2 is 1.76 bits per heavy atom. The minimum atomic E-state index is -0.407. The van der Waals surface area contributed by atoms with Crippen LogP contribution < -0.4 is 5.32 Å². The Labute approximate surface area is 199 Å².